The van der Waals surface area contributed by atoms with Crippen molar-refractivity contribution >= 4 is 32.8 Å². The molecule has 0 atom stereocenters. The molecule has 4 nitrogen and oxygen atoms in total. The molecule has 1 N–H and O–H groups in total. The highest BCUT2D eigenvalue weighted by Crippen LogP contribution is 2.24. The number of sulfonamides is 1. The molecule has 0 aliphatic carbocycles. The molecule has 2 aromatic rings. The van der Waals surface area contributed by atoms with Crippen LogP contribution in [-0.2, 0) is 10.0 Å². The number of ketones is 1. The molecule has 0 amide bonds. The Morgan fingerprint density at radius 3 is 2.44 bits per heavy atom. The van der Waals surface area contributed by atoms with Gasteiger partial charge in [-0.25, -0.2) is 8.42 Å². The zero-order chi connectivity index (χ0) is 13.2. The molecule has 1 aromatic carbocycles. The molecule has 0 bridgehead atoms. The fourth-order valence-electron chi connectivity index (χ4n) is 1.48. The fraction of sp³-hybridized carbons (Fsp3) is 0.0833. The molecule has 0 aliphatic heterocycles. The molecule has 6 heteroatoms. The minimum absolute atomic E-state index is 0.0313. The first-order valence-electron chi connectivity index (χ1n) is 5.17. The van der Waals surface area contributed by atoms with E-state index in [9.17, 15) is 13.2 Å². The molecular weight excluding hydrogens is 270 g/mol. The molecule has 1 heterocycles. The number of Topliss-reactive ketones (excluding diaryl/α,β-unsaturated/α-hetero) is 1. The third kappa shape index (κ3) is 2.60. The molecule has 0 fully saturated rings. The van der Waals surface area contributed by atoms with Gasteiger partial charge in [-0.1, -0.05) is 18.2 Å². The molecule has 0 aliphatic rings. The average molecular weight is 281 g/mol. The lowest BCUT2D eigenvalue weighted by Crippen LogP contribution is -2.14. The van der Waals surface area contributed by atoms with Crippen LogP contribution in [0.5, 0.6) is 0 Å². The van der Waals surface area contributed by atoms with E-state index >= 15 is 0 Å². The topological polar surface area (TPSA) is 63.2 Å². The first-order valence-corrected chi connectivity index (χ1v) is 7.53. The summed E-state index contributed by atoms with van der Waals surface area (Å²) in [4.78, 5) is 11.6. The van der Waals surface area contributed by atoms with E-state index in [1.807, 2.05) is 0 Å². The Bertz CT molecular complexity index is 660. The summed E-state index contributed by atoms with van der Waals surface area (Å²) in [7, 11) is -3.71. The zero-order valence-electron chi connectivity index (χ0n) is 9.58. The van der Waals surface area contributed by atoms with Crippen molar-refractivity contribution in [1.82, 2.24) is 0 Å². The SMILES string of the molecule is CC(=O)c1sccc1S(=O)(=O)Nc1ccccc1. The van der Waals surface area contributed by atoms with Crippen LogP contribution in [0.15, 0.2) is 46.7 Å². The summed E-state index contributed by atoms with van der Waals surface area (Å²) < 4.78 is 26.7. The third-order valence-electron chi connectivity index (χ3n) is 2.26. The van der Waals surface area contributed by atoms with E-state index in [0.717, 1.165) is 11.3 Å². The van der Waals surface area contributed by atoms with Crippen LogP contribution in [0.4, 0.5) is 5.69 Å². The Labute approximate surface area is 109 Å². The van der Waals surface area contributed by atoms with Gasteiger partial charge in [0.1, 0.15) is 4.90 Å². The molecular formula is C12H11NO3S2. The van der Waals surface area contributed by atoms with Gasteiger partial charge >= 0.3 is 0 Å². The van der Waals surface area contributed by atoms with Crippen LogP contribution in [0.2, 0.25) is 0 Å². The van der Waals surface area contributed by atoms with Crippen LogP contribution >= 0.6 is 11.3 Å². The van der Waals surface area contributed by atoms with Crippen molar-refractivity contribution in [3.05, 3.63) is 46.7 Å². The van der Waals surface area contributed by atoms with Crippen molar-refractivity contribution in [3.63, 3.8) is 0 Å². The number of rotatable bonds is 4. The van der Waals surface area contributed by atoms with Gasteiger partial charge in [-0.05, 0) is 30.5 Å². The molecule has 0 spiro atoms. The van der Waals surface area contributed by atoms with Crippen molar-refractivity contribution in [1.29, 1.82) is 0 Å². The highest BCUT2D eigenvalue weighted by atomic mass is 32.2. The summed E-state index contributed by atoms with van der Waals surface area (Å²) in [5.41, 5.74) is 0.471. The van der Waals surface area contributed by atoms with Gasteiger partial charge in [0.05, 0.1) is 4.88 Å². The van der Waals surface area contributed by atoms with Crippen molar-refractivity contribution in [2.75, 3.05) is 4.72 Å². The van der Waals surface area contributed by atoms with Gasteiger partial charge in [0.2, 0.25) is 0 Å². The maximum Gasteiger partial charge on any atom is 0.263 e. The standard InChI is InChI=1S/C12H11NO3S2/c1-9(14)12-11(7-8-17-12)18(15,16)13-10-5-3-2-4-6-10/h2-8,13H,1H3. The smallest absolute Gasteiger partial charge is 0.263 e. The van der Waals surface area contributed by atoms with Gasteiger partial charge in [-0.2, -0.15) is 0 Å². The lowest BCUT2D eigenvalue weighted by molar-refractivity contribution is 0.101. The first kappa shape index (κ1) is 12.8. The van der Waals surface area contributed by atoms with E-state index in [4.69, 9.17) is 0 Å². The Kier molecular flexibility index (Phi) is 3.49. The number of carbonyl (C=O) groups is 1. The van der Waals surface area contributed by atoms with Crippen molar-refractivity contribution in [2.24, 2.45) is 0 Å². The van der Waals surface area contributed by atoms with Crippen LogP contribution in [0.3, 0.4) is 0 Å². The Morgan fingerprint density at radius 1 is 1.17 bits per heavy atom. The fourth-order valence-corrected chi connectivity index (χ4v) is 3.92. The van der Waals surface area contributed by atoms with Crippen LogP contribution in [0, 0.1) is 0 Å². The van der Waals surface area contributed by atoms with Gasteiger partial charge < -0.3 is 0 Å². The Morgan fingerprint density at radius 2 is 1.83 bits per heavy atom. The van der Waals surface area contributed by atoms with E-state index in [0.29, 0.717) is 5.69 Å². The highest BCUT2D eigenvalue weighted by Gasteiger charge is 2.21. The number of benzene rings is 1. The van der Waals surface area contributed by atoms with Crippen LogP contribution in [0.25, 0.3) is 0 Å². The molecule has 0 radical (unpaired) electrons. The number of anilines is 1. The second-order valence-electron chi connectivity index (χ2n) is 3.64. The molecule has 0 saturated carbocycles. The lowest BCUT2D eigenvalue weighted by Gasteiger charge is -2.07. The number of para-hydroxylation sites is 1. The lowest BCUT2D eigenvalue weighted by atomic mass is 10.3. The van der Waals surface area contributed by atoms with Crippen molar-refractivity contribution < 1.29 is 13.2 Å². The van der Waals surface area contributed by atoms with Crippen molar-refractivity contribution in [3.8, 4) is 0 Å². The van der Waals surface area contributed by atoms with Crippen LogP contribution in [-0.4, -0.2) is 14.2 Å². The normalized spacial score (nSPS) is 11.2. The summed E-state index contributed by atoms with van der Waals surface area (Å²) in [6.45, 7) is 1.35. The summed E-state index contributed by atoms with van der Waals surface area (Å²) >= 11 is 1.13. The van der Waals surface area contributed by atoms with Crippen molar-refractivity contribution in [2.45, 2.75) is 11.8 Å². The molecule has 1 aromatic heterocycles. The highest BCUT2D eigenvalue weighted by molar-refractivity contribution is 7.93. The Balaban J connectivity index is 2.37. The number of hydrogen-bond donors (Lipinski definition) is 1. The molecule has 0 unspecified atom stereocenters. The van der Waals surface area contributed by atoms with Crippen LogP contribution < -0.4 is 4.72 Å². The second kappa shape index (κ2) is 4.91. The summed E-state index contributed by atoms with van der Waals surface area (Å²) in [6.07, 6.45) is 0. The van der Waals surface area contributed by atoms with Gasteiger partial charge in [0.25, 0.3) is 10.0 Å². The van der Waals surface area contributed by atoms with Gasteiger partial charge in [-0.3, -0.25) is 9.52 Å². The minimum Gasteiger partial charge on any atom is -0.294 e. The minimum atomic E-state index is -3.71. The predicted octanol–water partition coefficient (Wildman–Crippen LogP) is 2.75. The zero-order valence-corrected chi connectivity index (χ0v) is 11.2. The quantitative estimate of drug-likeness (QED) is 0.876. The number of carbonyl (C=O) groups excluding carboxylic acids is 1. The van der Waals surface area contributed by atoms with E-state index in [2.05, 4.69) is 4.72 Å². The number of nitrogens with one attached hydrogen (secondary N) is 1. The molecule has 18 heavy (non-hydrogen) atoms. The van der Waals surface area contributed by atoms with Crippen LogP contribution in [0.1, 0.15) is 16.6 Å². The monoisotopic (exact) mass is 281 g/mol. The largest absolute Gasteiger partial charge is 0.294 e. The van der Waals surface area contributed by atoms with E-state index in [-0.39, 0.29) is 15.6 Å². The van der Waals surface area contributed by atoms with E-state index < -0.39 is 10.0 Å². The maximum atomic E-state index is 12.1. The third-order valence-corrected chi connectivity index (χ3v) is 4.83. The predicted molar refractivity (Wildman–Crippen MR) is 71.6 cm³/mol. The number of hydrogen-bond acceptors (Lipinski definition) is 4. The van der Waals surface area contributed by atoms with E-state index in [1.165, 1.54) is 13.0 Å². The second-order valence-corrected chi connectivity index (χ2v) is 6.21. The van der Waals surface area contributed by atoms with Gasteiger partial charge in [0.15, 0.2) is 5.78 Å². The molecule has 94 valence electrons. The molecule has 0 saturated heterocycles. The summed E-state index contributed by atoms with van der Waals surface area (Å²) in [5, 5.41) is 1.59. The summed E-state index contributed by atoms with van der Waals surface area (Å²) in [6, 6.07) is 10.00. The first-order chi connectivity index (χ1) is 8.50. The maximum absolute atomic E-state index is 12.1. The van der Waals surface area contributed by atoms with E-state index in [1.54, 1.807) is 35.7 Å². The summed E-state index contributed by atoms with van der Waals surface area (Å²) in [5.74, 6) is -0.251. The Hall–Kier alpha value is -1.66. The van der Waals surface area contributed by atoms with Gasteiger partial charge in [0, 0.05) is 5.69 Å². The molecule has 2 rings (SSSR count). The average Bonchev–Trinajstić information content (AvgIpc) is 2.79. The van der Waals surface area contributed by atoms with Gasteiger partial charge in [-0.15, -0.1) is 11.3 Å². The number of thiophene rings is 1.